The van der Waals surface area contributed by atoms with Crippen molar-refractivity contribution in [3.63, 3.8) is 0 Å². The highest BCUT2D eigenvalue weighted by atomic mass is 31.0. The van der Waals surface area contributed by atoms with E-state index in [0.717, 1.165) is 12.5 Å². The van der Waals surface area contributed by atoms with Gasteiger partial charge in [0, 0.05) is 0 Å². The first-order chi connectivity index (χ1) is 3.27. The third-order valence-electron chi connectivity index (χ3n) is 0.866. The lowest BCUT2D eigenvalue weighted by Gasteiger charge is -2.00. The molecule has 0 bridgehead atoms. The van der Waals surface area contributed by atoms with Crippen molar-refractivity contribution in [2.75, 3.05) is 6.54 Å². The third kappa shape index (κ3) is 6.39. The average Bonchev–Trinajstić information content (AvgIpc) is 1.61. The molecule has 44 valence electrons. The molecule has 7 heavy (non-hydrogen) atoms. The van der Waals surface area contributed by atoms with Crippen LogP contribution < -0.4 is 5.09 Å². The summed E-state index contributed by atoms with van der Waals surface area (Å²) in [6, 6.07) is 0. The Labute approximate surface area is 48.1 Å². The second-order valence-electron chi connectivity index (χ2n) is 2.14. The summed E-state index contributed by atoms with van der Waals surface area (Å²) < 4.78 is 0. The first-order valence-corrected chi connectivity index (χ1v) is 3.28. The van der Waals surface area contributed by atoms with Gasteiger partial charge >= 0.3 is 0 Å². The van der Waals surface area contributed by atoms with E-state index in [-0.39, 0.29) is 0 Å². The number of nitrogens with one attached hydrogen (secondary N) is 1. The van der Waals surface area contributed by atoms with Gasteiger partial charge in [-0.1, -0.05) is 23.2 Å². The molecular weight excluding hydrogens is 105 g/mol. The van der Waals surface area contributed by atoms with Gasteiger partial charge in [0.15, 0.2) is 0 Å². The van der Waals surface area contributed by atoms with Crippen LogP contribution in [0.2, 0.25) is 0 Å². The van der Waals surface area contributed by atoms with Gasteiger partial charge in [-0.3, -0.25) is 0 Å². The van der Waals surface area contributed by atoms with E-state index in [2.05, 4.69) is 28.3 Å². The number of hydrogen-bond acceptors (Lipinski definition) is 1. The molecule has 0 saturated carbocycles. The zero-order chi connectivity index (χ0) is 5.70. The number of rotatable bonds is 3. The quantitative estimate of drug-likeness (QED) is 0.554. The largest absolute Gasteiger partial charge is 0.301 e. The smallest absolute Gasteiger partial charge is 0.00120 e. The Morgan fingerprint density at radius 3 is 2.29 bits per heavy atom. The molecule has 0 saturated heterocycles. The zero-order valence-corrected chi connectivity index (χ0v) is 6.22. The van der Waals surface area contributed by atoms with Gasteiger partial charge in [0.25, 0.3) is 0 Å². The SMILES string of the molecule is CC(C)CCNP. The van der Waals surface area contributed by atoms with Crippen molar-refractivity contribution < 1.29 is 0 Å². The van der Waals surface area contributed by atoms with E-state index in [1.165, 1.54) is 6.42 Å². The summed E-state index contributed by atoms with van der Waals surface area (Å²) in [7, 11) is 2.49. The molecule has 0 fully saturated rings. The van der Waals surface area contributed by atoms with Crippen LogP contribution in [-0.2, 0) is 0 Å². The van der Waals surface area contributed by atoms with Gasteiger partial charge in [-0.2, -0.15) is 0 Å². The predicted molar refractivity (Wildman–Crippen MR) is 37.2 cm³/mol. The second kappa shape index (κ2) is 4.55. The molecule has 0 aromatic rings. The monoisotopic (exact) mass is 119 g/mol. The van der Waals surface area contributed by atoms with E-state index in [0.29, 0.717) is 0 Å². The Morgan fingerprint density at radius 2 is 2.14 bits per heavy atom. The summed E-state index contributed by atoms with van der Waals surface area (Å²) in [6.07, 6.45) is 1.27. The fourth-order valence-electron chi connectivity index (χ4n) is 0.372. The molecule has 0 heterocycles. The first-order valence-electron chi connectivity index (χ1n) is 2.71. The minimum absolute atomic E-state index is 0.827. The Balaban J connectivity index is 2.68. The molecule has 1 N–H and O–H groups in total. The third-order valence-corrected chi connectivity index (χ3v) is 1.15. The minimum atomic E-state index is 0.827. The minimum Gasteiger partial charge on any atom is -0.301 e. The van der Waals surface area contributed by atoms with Gasteiger partial charge in [-0.15, -0.1) is 0 Å². The molecule has 0 aromatic heterocycles. The zero-order valence-electron chi connectivity index (χ0n) is 5.07. The van der Waals surface area contributed by atoms with E-state index in [4.69, 9.17) is 0 Å². The molecule has 0 spiro atoms. The van der Waals surface area contributed by atoms with Crippen molar-refractivity contribution in [2.45, 2.75) is 20.3 Å². The van der Waals surface area contributed by atoms with Gasteiger partial charge < -0.3 is 5.09 Å². The van der Waals surface area contributed by atoms with Crippen molar-refractivity contribution in [1.29, 1.82) is 0 Å². The van der Waals surface area contributed by atoms with E-state index < -0.39 is 0 Å². The summed E-state index contributed by atoms with van der Waals surface area (Å²) >= 11 is 0. The highest BCUT2D eigenvalue weighted by molar-refractivity contribution is 7.13. The van der Waals surface area contributed by atoms with Crippen molar-refractivity contribution in [1.82, 2.24) is 5.09 Å². The first kappa shape index (κ1) is 7.39. The lowest BCUT2D eigenvalue weighted by atomic mass is 10.1. The van der Waals surface area contributed by atoms with Crippen LogP contribution in [0.15, 0.2) is 0 Å². The van der Waals surface area contributed by atoms with E-state index in [1.54, 1.807) is 0 Å². The predicted octanol–water partition coefficient (Wildman–Crippen LogP) is 1.41. The summed E-state index contributed by atoms with van der Waals surface area (Å²) in [5.74, 6) is 0.827. The highest BCUT2D eigenvalue weighted by Crippen LogP contribution is 1.96. The molecule has 0 rings (SSSR count). The van der Waals surface area contributed by atoms with E-state index in [9.17, 15) is 0 Å². The average molecular weight is 119 g/mol. The molecule has 0 aliphatic carbocycles. The standard InChI is InChI=1S/C5H14NP/c1-5(2)3-4-6-7/h5-6H,3-4,7H2,1-2H3. The Hall–Kier alpha value is 0.390. The summed E-state index contributed by atoms with van der Waals surface area (Å²) in [4.78, 5) is 0. The van der Waals surface area contributed by atoms with Crippen LogP contribution >= 0.6 is 9.39 Å². The van der Waals surface area contributed by atoms with Gasteiger partial charge in [0.05, 0.1) is 0 Å². The maximum Gasteiger partial charge on any atom is -0.00120 e. The Bertz CT molecular complexity index is 37.1. The lowest BCUT2D eigenvalue weighted by molar-refractivity contribution is 0.585. The van der Waals surface area contributed by atoms with E-state index in [1.807, 2.05) is 0 Å². The van der Waals surface area contributed by atoms with Crippen LogP contribution in [0.4, 0.5) is 0 Å². The van der Waals surface area contributed by atoms with Crippen LogP contribution in [0.3, 0.4) is 0 Å². The van der Waals surface area contributed by atoms with Crippen LogP contribution in [0.1, 0.15) is 20.3 Å². The van der Waals surface area contributed by atoms with Crippen LogP contribution in [0, 0.1) is 5.92 Å². The Morgan fingerprint density at radius 1 is 1.57 bits per heavy atom. The molecule has 0 aromatic carbocycles. The normalized spacial score (nSPS) is 10.3. The van der Waals surface area contributed by atoms with Crippen LogP contribution in [0.25, 0.3) is 0 Å². The Kier molecular flexibility index (Phi) is 4.80. The van der Waals surface area contributed by atoms with E-state index >= 15 is 0 Å². The van der Waals surface area contributed by atoms with Gasteiger partial charge in [-0.05, 0) is 18.9 Å². The maximum atomic E-state index is 3.02. The highest BCUT2D eigenvalue weighted by Gasteiger charge is 1.88. The van der Waals surface area contributed by atoms with Crippen molar-refractivity contribution in [3.8, 4) is 0 Å². The molecule has 0 aliphatic rings. The summed E-state index contributed by atoms with van der Waals surface area (Å²) in [5.41, 5.74) is 0. The van der Waals surface area contributed by atoms with Crippen LogP contribution in [-0.4, -0.2) is 6.54 Å². The fraction of sp³-hybridized carbons (Fsp3) is 1.00. The number of hydrogen-bond donors (Lipinski definition) is 1. The molecule has 1 atom stereocenters. The maximum absolute atomic E-state index is 3.02. The topological polar surface area (TPSA) is 12.0 Å². The van der Waals surface area contributed by atoms with Crippen LogP contribution in [0.5, 0.6) is 0 Å². The lowest BCUT2D eigenvalue weighted by Crippen LogP contribution is -2.02. The molecule has 0 radical (unpaired) electrons. The molecular formula is C5H14NP. The van der Waals surface area contributed by atoms with Crippen molar-refractivity contribution in [3.05, 3.63) is 0 Å². The fourth-order valence-corrected chi connectivity index (χ4v) is 0.539. The van der Waals surface area contributed by atoms with Gasteiger partial charge in [0.2, 0.25) is 0 Å². The van der Waals surface area contributed by atoms with Gasteiger partial charge in [-0.25, -0.2) is 0 Å². The molecule has 0 aliphatic heterocycles. The molecule has 2 heteroatoms. The second-order valence-corrected chi connectivity index (χ2v) is 2.54. The summed E-state index contributed by atoms with van der Waals surface area (Å²) in [6.45, 7) is 5.56. The van der Waals surface area contributed by atoms with Crippen molar-refractivity contribution in [2.24, 2.45) is 5.92 Å². The molecule has 1 unspecified atom stereocenters. The molecule has 1 nitrogen and oxygen atoms in total. The van der Waals surface area contributed by atoms with Crippen molar-refractivity contribution >= 4 is 9.39 Å². The van der Waals surface area contributed by atoms with Gasteiger partial charge in [0.1, 0.15) is 0 Å². The summed E-state index contributed by atoms with van der Waals surface area (Å²) in [5, 5.41) is 3.02. The molecule has 0 amide bonds.